The van der Waals surface area contributed by atoms with Gasteiger partial charge in [-0.3, -0.25) is 4.55 Å². The number of para-hydroxylation sites is 1. The van der Waals surface area contributed by atoms with Crippen LogP contribution in [0.2, 0.25) is 0 Å². The highest BCUT2D eigenvalue weighted by molar-refractivity contribution is 7.85. The summed E-state index contributed by atoms with van der Waals surface area (Å²) in [6, 6.07) is 11.3. The molecule has 0 fully saturated rings. The minimum atomic E-state index is -4.41. The second kappa shape index (κ2) is 9.59. The van der Waals surface area contributed by atoms with Gasteiger partial charge in [0.15, 0.2) is 11.5 Å². The molecule has 0 amide bonds. The van der Waals surface area contributed by atoms with Crippen molar-refractivity contribution in [2.24, 2.45) is 0 Å². The van der Waals surface area contributed by atoms with E-state index in [9.17, 15) is 18.1 Å². The van der Waals surface area contributed by atoms with Crippen molar-refractivity contribution in [2.45, 2.75) is 56.8 Å². The van der Waals surface area contributed by atoms with E-state index < -0.39 is 10.1 Å². The first-order valence-electron chi connectivity index (χ1n) is 8.98. The minimum absolute atomic E-state index is 0.0832. The third-order valence-electron chi connectivity index (χ3n) is 4.22. The highest BCUT2D eigenvalue weighted by atomic mass is 32.2. The molecule has 26 heavy (non-hydrogen) atoms. The lowest BCUT2D eigenvalue weighted by Crippen LogP contribution is -2.05. The third kappa shape index (κ3) is 5.75. The van der Waals surface area contributed by atoms with E-state index in [2.05, 4.69) is 6.92 Å². The lowest BCUT2D eigenvalue weighted by Gasteiger charge is -2.15. The smallest absolute Gasteiger partial charge is 0.294 e. The number of hydrogen-bond acceptors (Lipinski definition) is 4. The van der Waals surface area contributed by atoms with Gasteiger partial charge in [-0.2, -0.15) is 8.42 Å². The molecule has 0 aromatic heterocycles. The van der Waals surface area contributed by atoms with Gasteiger partial charge in [-0.15, -0.1) is 0 Å². The number of phenolic OH excluding ortho intramolecular Hbond substituents is 1. The Balaban J connectivity index is 2.27. The largest absolute Gasteiger partial charge is 0.504 e. The van der Waals surface area contributed by atoms with Gasteiger partial charge in [0.05, 0.1) is 0 Å². The maximum Gasteiger partial charge on any atom is 0.294 e. The second-order valence-electron chi connectivity index (χ2n) is 6.30. The van der Waals surface area contributed by atoms with Crippen LogP contribution in [0.25, 0.3) is 0 Å². The Labute approximate surface area is 155 Å². The van der Waals surface area contributed by atoms with E-state index >= 15 is 0 Å². The van der Waals surface area contributed by atoms with Crippen molar-refractivity contribution in [2.75, 3.05) is 0 Å². The monoisotopic (exact) mass is 378 g/mol. The first kappa shape index (κ1) is 20.3. The van der Waals surface area contributed by atoms with Gasteiger partial charge < -0.3 is 9.84 Å². The number of rotatable bonds is 10. The van der Waals surface area contributed by atoms with Gasteiger partial charge in [0.2, 0.25) is 0 Å². The van der Waals surface area contributed by atoms with Crippen LogP contribution in [0.4, 0.5) is 0 Å². The molecule has 0 unspecified atom stereocenters. The minimum Gasteiger partial charge on any atom is -0.504 e. The number of benzene rings is 2. The zero-order valence-corrected chi connectivity index (χ0v) is 15.8. The fourth-order valence-electron chi connectivity index (χ4n) is 2.88. The Morgan fingerprint density at radius 2 is 1.58 bits per heavy atom. The summed E-state index contributed by atoms with van der Waals surface area (Å²) in [7, 11) is -4.41. The van der Waals surface area contributed by atoms with Crippen molar-refractivity contribution in [1.82, 2.24) is 0 Å². The summed E-state index contributed by atoms with van der Waals surface area (Å²) in [5, 5.41) is 10.2. The number of ether oxygens (including phenoxy) is 1. The van der Waals surface area contributed by atoms with Crippen LogP contribution in [0.15, 0.2) is 47.4 Å². The average molecular weight is 378 g/mol. The Bertz CT molecular complexity index is 800. The highest BCUT2D eigenvalue weighted by Gasteiger charge is 2.22. The molecular weight excluding hydrogens is 352 g/mol. The summed E-state index contributed by atoms with van der Waals surface area (Å²) in [5.41, 5.74) is 0.312. The van der Waals surface area contributed by atoms with Crippen molar-refractivity contribution >= 4 is 10.1 Å². The van der Waals surface area contributed by atoms with Crippen LogP contribution >= 0.6 is 0 Å². The van der Waals surface area contributed by atoms with E-state index in [-0.39, 0.29) is 16.4 Å². The first-order chi connectivity index (χ1) is 12.4. The SMILES string of the molecule is CCCCCCCCc1c(S(=O)(=O)O)ccc(O)c1Oc1ccccc1. The van der Waals surface area contributed by atoms with Gasteiger partial charge in [-0.25, -0.2) is 0 Å². The predicted octanol–water partition coefficient (Wildman–Crippen LogP) is 5.33. The molecule has 6 heteroatoms. The molecule has 0 saturated heterocycles. The fourth-order valence-corrected chi connectivity index (χ4v) is 3.62. The predicted molar refractivity (Wildman–Crippen MR) is 102 cm³/mol. The summed E-state index contributed by atoms with van der Waals surface area (Å²) in [6.45, 7) is 2.15. The van der Waals surface area contributed by atoms with Gasteiger partial charge in [-0.05, 0) is 37.1 Å². The van der Waals surface area contributed by atoms with Gasteiger partial charge in [0.25, 0.3) is 10.1 Å². The topological polar surface area (TPSA) is 83.8 Å². The van der Waals surface area contributed by atoms with Crippen LogP contribution in [-0.4, -0.2) is 18.1 Å². The van der Waals surface area contributed by atoms with Gasteiger partial charge >= 0.3 is 0 Å². The summed E-state index contributed by atoms with van der Waals surface area (Å²) < 4.78 is 38.8. The summed E-state index contributed by atoms with van der Waals surface area (Å²) in [5.74, 6) is 0.418. The molecule has 0 aliphatic heterocycles. The van der Waals surface area contributed by atoms with Crippen LogP contribution in [0.3, 0.4) is 0 Å². The van der Waals surface area contributed by atoms with E-state index in [0.717, 1.165) is 32.1 Å². The van der Waals surface area contributed by atoms with Crippen molar-refractivity contribution < 1.29 is 22.8 Å². The average Bonchev–Trinajstić information content (AvgIpc) is 2.60. The first-order valence-corrected chi connectivity index (χ1v) is 10.4. The van der Waals surface area contributed by atoms with Crippen molar-refractivity contribution in [3.63, 3.8) is 0 Å². The zero-order valence-electron chi connectivity index (χ0n) is 15.0. The third-order valence-corrected chi connectivity index (χ3v) is 5.16. The molecular formula is C20H26O5S. The molecule has 0 aliphatic carbocycles. The number of aromatic hydroxyl groups is 1. The van der Waals surface area contributed by atoms with Crippen molar-refractivity contribution in [1.29, 1.82) is 0 Å². The number of hydrogen-bond donors (Lipinski definition) is 2. The Hall–Kier alpha value is -2.05. The summed E-state index contributed by atoms with van der Waals surface area (Å²) >= 11 is 0. The van der Waals surface area contributed by atoms with Gasteiger partial charge in [0, 0.05) is 5.56 Å². The van der Waals surface area contributed by atoms with Crippen LogP contribution in [-0.2, 0) is 16.5 Å². The Kier molecular flexibility index (Phi) is 7.48. The van der Waals surface area contributed by atoms with E-state index in [4.69, 9.17) is 4.74 Å². The molecule has 5 nitrogen and oxygen atoms in total. The lowest BCUT2D eigenvalue weighted by atomic mass is 10.0. The van der Waals surface area contributed by atoms with Crippen LogP contribution in [0.5, 0.6) is 17.2 Å². The van der Waals surface area contributed by atoms with Crippen LogP contribution in [0.1, 0.15) is 51.0 Å². The molecule has 0 atom stereocenters. The van der Waals surface area contributed by atoms with Gasteiger partial charge in [0.1, 0.15) is 10.6 Å². The molecule has 2 aromatic carbocycles. The fraction of sp³-hybridized carbons (Fsp3) is 0.400. The molecule has 0 spiro atoms. The highest BCUT2D eigenvalue weighted by Crippen LogP contribution is 2.39. The van der Waals surface area contributed by atoms with Gasteiger partial charge in [-0.1, -0.05) is 57.2 Å². The maximum absolute atomic E-state index is 11.8. The molecule has 0 saturated carbocycles. The van der Waals surface area contributed by atoms with E-state index in [0.29, 0.717) is 17.7 Å². The Morgan fingerprint density at radius 1 is 0.923 bits per heavy atom. The molecule has 0 radical (unpaired) electrons. The summed E-state index contributed by atoms with van der Waals surface area (Å²) in [4.78, 5) is -0.213. The maximum atomic E-state index is 11.8. The van der Waals surface area contributed by atoms with Crippen LogP contribution < -0.4 is 4.74 Å². The Morgan fingerprint density at radius 3 is 2.23 bits per heavy atom. The molecule has 2 aromatic rings. The standard InChI is InChI=1S/C20H26O5S/c1-2-3-4-5-6-10-13-17-19(26(22,23)24)15-14-18(21)20(17)25-16-11-8-7-9-12-16/h7-9,11-12,14-15,21H,2-6,10,13H2,1H3,(H,22,23,24). The molecule has 142 valence electrons. The van der Waals surface area contributed by atoms with Crippen molar-refractivity contribution in [3.05, 3.63) is 48.0 Å². The second-order valence-corrected chi connectivity index (χ2v) is 7.69. The molecule has 0 heterocycles. The molecule has 0 bridgehead atoms. The van der Waals surface area contributed by atoms with Crippen molar-refractivity contribution in [3.8, 4) is 17.2 Å². The molecule has 0 aliphatic rings. The van der Waals surface area contributed by atoms with Crippen LogP contribution in [0, 0.1) is 0 Å². The number of unbranched alkanes of at least 4 members (excludes halogenated alkanes) is 5. The molecule has 2 N–H and O–H groups in total. The molecule has 2 rings (SSSR count). The van der Waals surface area contributed by atoms with E-state index in [1.165, 1.54) is 18.6 Å². The lowest BCUT2D eigenvalue weighted by molar-refractivity contribution is 0.403. The summed E-state index contributed by atoms with van der Waals surface area (Å²) in [6.07, 6.45) is 6.67. The quantitative estimate of drug-likeness (QED) is 0.431. The normalized spacial score (nSPS) is 11.5. The number of phenols is 1. The van der Waals surface area contributed by atoms with E-state index in [1.54, 1.807) is 24.3 Å². The zero-order chi connectivity index (χ0) is 19.0. The van der Waals surface area contributed by atoms with E-state index in [1.807, 2.05) is 6.07 Å².